The number of cyclic esters (lactones) is 1. The number of esters is 1. The molecule has 1 saturated heterocycles. The predicted molar refractivity (Wildman–Crippen MR) is 101 cm³/mol. The van der Waals surface area contributed by atoms with Gasteiger partial charge in [-0.15, -0.1) is 0 Å². The molecule has 1 aliphatic rings. The maximum Gasteiger partial charge on any atom is 0.334 e. The first-order valence-electron chi connectivity index (χ1n) is 8.56. The zero-order valence-electron chi connectivity index (χ0n) is 15.3. The maximum atomic E-state index is 12.1. The van der Waals surface area contributed by atoms with E-state index in [1.807, 2.05) is 38.1 Å². The molecule has 0 radical (unpaired) electrons. The molecular weight excluding hydrogens is 316 g/mol. The van der Waals surface area contributed by atoms with E-state index in [-0.39, 0.29) is 11.0 Å². The third-order valence-corrected chi connectivity index (χ3v) is 9.67. The van der Waals surface area contributed by atoms with Crippen molar-refractivity contribution in [1.29, 1.82) is 0 Å². The van der Waals surface area contributed by atoms with Crippen LogP contribution in [0.15, 0.2) is 53.8 Å². The van der Waals surface area contributed by atoms with Crippen molar-refractivity contribution in [3.63, 3.8) is 0 Å². The summed E-state index contributed by atoms with van der Waals surface area (Å²) in [6, 6.07) is 10.4. The Morgan fingerprint density at radius 1 is 1.25 bits per heavy atom. The number of rotatable bonds is 5. The summed E-state index contributed by atoms with van der Waals surface area (Å²) in [5, 5.41) is 2.24. The Bertz CT molecular complexity index is 628. The van der Waals surface area contributed by atoms with Crippen LogP contribution >= 0.6 is 0 Å². The maximum absolute atomic E-state index is 12.1. The Balaban J connectivity index is 2.66. The second-order valence-electron chi connectivity index (χ2n) is 7.10. The van der Waals surface area contributed by atoms with Crippen molar-refractivity contribution in [2.45, 2.75) is 52.2 Å². The summed E-state index contributed by atoms with van der Waals surface area (Å²) in [5.74, 6) is -0.233. The van der Waals surface area contributed by atoms with Crippen LogP contribution in [0.5, 0.6) is 0 Å². The fraction of sp³-hybridized carbons (Fsp3) is 0.450. The lowest BCUT2D eigenvalue weighted by atomic mass is 10.2. The quantitative estimate of drug-likeness (QED) is 0.459. The zero-order valence-corrected chi connectivity index (χ0v) is 16.3. The standard InChI is InChI=1S/C20H28O3Si/c1-6-11-16(7-2)24(20(3,4)5,17-12-9-8-10-13-17)23-18-14-15-22-19(18)21/h6-13,18H,14-15H2,1-5H3. The Hall–Kier alpha value is -1.65. The molecule has 0 aromatic heterocycles. The van der Waals surface area contributed by atoms with Gasteiger partial charge in [0.05, 0.1) is 6.61 Å². The van der Waals surface area contributed by atoms with E-state index in [9.17, 15) is 4.79 Å². The average Bonchev–Trinajstić information content (AvgIpc) is 2.95. The number of allylic oxidation sites excluding steroid dienone is 4. The fourth-order valence-electron chi connectivity index (χ4n) is 3.41. The van der Waals surface area contributed by atoms with Crippen LogP contribution in [0, 0.1) is 0 Å². The van der Waals surface area contributed by atoms with Crippen LogP contribution in [-0.4, -0.2) is 27.0 Å². The van der Waals surface area contributed by atoms with Gasteiger partial charge in [0.15, 0.2) is 0 Å². The number of carbonyl (C=O) groups is 1. The van der Waals surface area contributed by atoms with Gasteiger partial charge >= 0.3 is 5.97 Å². The van der Waals surface area contributed by atoms with E-state index >= 15 is 0 Å². The van der Waals surface area contributed by atoms with Gasteiger partial charge in [-0.05, 0) is 29.3 Å². The Kier molecular flexibility index (Phi) is 5.83. The zero-order chi connectivity index (χ0) is 17.8. The van der Waals surface area contributed by atoms with Gasteiger partial charge in [0.1, 0.15) is 6.10 Å². The van der Waals surface area contributed by atoms with Crippen molar-refractivity contribution in [2.24, 2.45) is 0 Å². The molecule has 0 N–H and O–H groups in total. The van der Waals surface area contributed by atoms with Gasteiger partial charge in [0, 0.05) is 6.42 Å². The first kappa shape index (κ1) is 18.7. The number of hydrogen-bond donors (Lipinski definition) is 0. The lowest BCUT2D eigenvalue weighted by molar-refractivity contribution is -0.143. The highest BCUT2D eigenvalue weighted by Gasteiger charge is 2.53. The summed E-state index contributed by atoms with van der Waals surface area (Å²) in [4.78, 5) is 12.1. The van der Waals surface area contributed by atoms with Crippen LogP contribution in [0.2, 0.25) is 5.04 Å². The lowest BCUT2D eigenvalue weighted by Gasteiger charge is -2.44. The van der Waals surface area contributed by atoms with E-state index in [2.05, 4.69) is 45.1 Å². The summed E-state index contributed by atoms with van der Waals surface area (Å²) in [6.45, 7) is 11.1. The molecule has 0 aliphatic carbocycles. The minimum Gasteiger partial charge on any atom is -0.464 e. The fourth-order valence-corrected chi connectivity index (χ4v) is 8.21. The van der Waals surface area contributed by atoms with Crippen LogP contribution in [0.4, 0.5) is 0 Å². The molecule has 2 rings (SSSR count). The average molecular weight is 345 g/mol. The van der Waals surface area contributed by atoms with E-state index in [0.29, 0.717) is 13.0 Å². The molecule has 3 nitrogen and oxygen atoms in total. The summed E-state index contributed by atoms with van der Waals surface area (Å²) >= 11 is 0. The number of hydrogen-bond acceptors (Lipinski definition) is 3. The van der Waals surface area contributed by atoms with Crippen LogP contribution in [0.3, 0.4) is 0 Å². The highest BCUT2D eigenvalue weighted by molar-refractivity contribution is 6.95. The second kappa shape index (κ2) is 7.49. The molecule has 24 heavy (non-hydrogen) atoms. The Morgan fingerprint density at radius 2 is 1.92 bits per heavy atom. The van der Waals surface area contributed by atoms with E-state index in [1.165, 1.54) is 10.4 Å². The van der Waals surface area contributed by atoms with Gasteiger partial charge in [-0.2, -0.15) is 0 Å². The van der Waals surface area contributed by atoms with Crippen LogP contribution in [0.1, 0.15) is 41.0 Å². The second-order valence-corrected chi connectivity index (χ2v) is 11.4. The van der Waals surface area contributed by atoms with Crippen molar-refractivity contribution < 1.29 is 14.0 Å². The van der Waals surface area contributed by atoms with Gasteiger partial charge in [0.25, 0.3) is 8.32 Å². The van der Waals surface area contributed by atoms with Crippen molar-refractivity contribution in [3.8, 4) is 0 Å². The van der Waals surface area contributed by atoms with Crippen molar-refractivity contribution in [3.05, 3.63) is 53.8 Å². The smallest absolute Gasteiger partial charge is 0.334 e. The minimum atomic E-state index is -2.66. The monoisotopic (exact) mass is 344 g/mol. The molecule has 1 aliphatic heterocycles. The summed E-state index contributed by atoms with van der Waals surface area (Å²) in [7, 11) is -2.66. The summed E-state index contributed by atoms with van der Waals surface area (Å²) in [6.07, 6.45) is 6.46. The van der Waals surface area contributed by atoms with E-state index in [0.717, 1.165) is 0 Å². The van der Waals surface area contributed by atoms with Gasteiger partial charge in [-0.1, -0.05) is 69.3 Å². The van der Waals surface area contributed by atoms with E-state index in [1.54, 1.807) is 0 Å². The van der Waals surface area contributed by atoms with Crippen LogP contribution in [-0.2, 0) is 14.0 Å². The number of carbonyl (C=O) groups excluding carboxylic acids is 1. The highest BCUT2D eigenvalue weighted by Crippen LogP contribution is 2.43. The topological polar surface area (TPSA) is 35.5 Å². The molecule has 0 bridgehead atoms. The first-order chi connectivity index (χ1) is 11.4. The molecule has 1 fully saturated rings. The van der Waals surface area contributed by atoms with E-state index in [4.69, 9.17) is 9.16 Å². The normalized spacial score (nSPS) is 21.8. The molecular formula is C20H28O3Si. The Morgan fingerprint density at radius 3 is 2.38 bits per heavy atom. The van der Waals surface area contributed by atoms with Crippen molar-refractivity contribution in [1.82, 2.24) is 0 Å². The molecule has 1 aromatic rings. The molecule has 1 heterocycles. The largest absolute Gasteiger partial charge is 0.464 e. The summed E-state index contributed by atoms with van der Waals surface area (Å²) in [5.41, 5.74) is 0. The van der Waals surface area contributed by atoms with Crippen molar-refractivity contribution in [2.75, 3.05) is 6.61 Å². The van der Waals surface area contributed by atoms with Gasteiger partial charge in [-0.3, -0.25) is 0 Å². The highest BCUT2D eigenvalue weighted by atomic mass is 28.4. The van der Waals surface area contributed by atoms with Crippen LogP contribution in [0.25, 0.3) is 0 Å². The molecule has 0 spiro atoms. The molecule has 0 amide bonds. The van der Waals surface area contributed by atoms with Gasteiger partial charge < -0.3 is 9.16 Å². The first-order valence-corrected chi connectivity index (χ1v) is 10.5. The molecule has 130 valence electrons. The molecule has 2 atom stereocenters. The SMILES string of the molecule is CC=CC(=CC)[Si](OC1CCOC1=O)(c1ccccc1)C(C)(C)C. The predicted octanol–water partition coefficient (Wildman–Crippen LogP) is 4.03. The molecule has 0 saturated carbocycles. The number of ether oxygens (including phenoxy) is 1. The molecule has 4 heteroatoms. The van der Waals surface area contributed by atoms with Gasteiger partial charge in [0.2, 0.25) is 0 Å². The molecule has 2 unspecified atom stereocenters. The third kappa shape index (κ3) is 3.40. The number of benzene rings is 1. The Labute approximate surface area is 146 Å². The van der Waals surface area contributed by atoms with Crippen molar-refractivity contribution >= 4 is 19.5 Å². The lowest BCUT2D eigenvalue weighted by Crippen LogP contribution is -2.61. The van der Waals surface area contributed by atoms with Crippen LogP contribution < -0.4 is 5.19 Å². The molecule has 1 aromatic carbocycles. The van der Waals surface area contributed by atoms with E-state index < -0.39 is 14.4 Å². The van der Waals surface area contributed by atoms with Gasteiger partial charge in [-0.25, -0.2) is 4.79 Å². The third-order valence-electron chi connectivity index (χ3n) is 4.51. The summed E-state index contributed by atoms with van der Waals surface area (Å²) < 4.78 is 11.9. The minimum absolute atomic E-state index is 0.126.